The maximum atomic E-state index is 14.3. The van der Waals surface area contributed by atoms with Crippen molar-refractivity contribution in [1.82, 2.24) is 0 Å². The molecular weight excluding hydrogens is 439 g/mol. The van der Waals surface area contributed by atoms with Gasteiger partial charge in [0.15, 0.2) is 5.78 Å². The summed E-state index contributed by atoms with van der Waals surface area (Å²) in [5.74, 6) is -0.985. The van der Waals surface area contributed by atoms with Crippen molar-refractivity contribution in [3.8, 4) is 0 Å². The van der Waals surface area contributed by atoms with Gasteiger partial charge >= 0.3 is 0 Å². The van der Waals surface area contributed by atoms with Gasteiger partial charge in [0, 0.05) is 21.4 Å². The zero-order chi connectivity index (χ0) is 22.7. The second kappa shape index (κ2) is 9.47. The Morgan fingerprint density at radius 3 is 1.03 bits per heavy atom. The van der Waals surface area contributed by atoms with Gasteiger partial charge in [0.1, 0.15) is 0 Å². The van der Waals surface area contributed by atoms with Gasteiger partial charge in [-0.1, -0.05) is 71.7 Å². The lowest BCUT2D eigenvalue weighted by molar-refractivity contribution is -0.120. The Morgan fingerprint density at radius 2 is 0.750 bits per heavy atom. The lowest BCUT2D eigenvalue weighted by Gasteiger charge is -2.25. The topological polar surface area (TPSA) is 69.1 Å². The van der Waals surface area contributed by atoms with Crippen LogP contribution >= 0.6 is 23.2 Å². The van der Waals surface area contributed by atoms with Crippen molar-refractivity contribution >= 4 is 40.4 Å². The second-order valence-electron chi connectivity index (χ2n) is 7.70. The van der Waals surface area contributed by atoms with Gasteiger partial charge in [-0.3, -0.25) is 4.79 Å². The Bertz CT molecular complexity index is 1010. The number of rotatable bonds is 6. The molecule has 0 radical (unpaired) electrons. The third-order valence-corrected chi connectivity index (χ3v) is 6.02. The van der Waals surface area contributed by atoms with Crippen LogP contribution < -0.4 is 11.5 Å². The van der Waals surface area contributed by atoms with Crippen LogP contribution in [0.25, 0.3) is 0 Å². The summed E-state index contributed by atoms with van der Waals surface area (Å²) in [6.07, 6.45) is 0. The van der Waals surface area contributed by atoms with Crippen LogP contribution in [-0.4, -0.2) is 5.78 Å². The van der Waals surface area contributed by atoms with Crippen LogP contribution in [0.15, 0.2) is 97.1 Å². The van der Waals surface area contributed by atoms with E-state index in [0.717, 1.165) is 22.3 Å². The molecule has 4 rings (SSSR count). The molecule has 0 aromatic heterocycles. The first kappa shape index (κ1) is 21.9. The Labute approximate surface area is 197 Å². The highest BCUT2D eigenvalue weighted by Gasteiger charge is 2.32. The molecule has 0 heterocycles. The fourth-order valence-corrected chi connectivity index (χ4v) is 4.15. The fourth-order valence-electron chi connectivity index (χ4n) is 3.90. The summed E-state index contributed by atoms with van der Waals surface area (Å²) in [6, 6.07) is 29.6. The van der Waals surface area contributed by atoms with E-state index in [1.54, 1.807) is 24.3 Å². The number of Topliss-reactive ketones (excluding diaryl/α,β-unsaturated/α-hetero) is 1. The highest BCUT2D eigenvalue weighted by atomic mass is 35.5. The number of nitrogen functional groups attached to an aromatic ring is 2. The summed E-state index contributed by atoms with van der Waals surface area (Å²) < 4.78 is 0. The smallest absolute Gasteiger partial charge is 0.156 e. The van der Waals surface area contributed by atoms with E-state index in [4.69, 9.17) is 34.7 Å². The quantitative estimate of drug-likeness (QED) is 0.314. The van der Waals surface area contributed by atoms with Crippen molar-refractivity contribution in [3.63, 3.8) is 0 Å². The summed E-state index contributed by atoms with van der Waals surface area (Å²) in [4.78, 5) is 14.3. The summed E-state index contributed by atoms with van der Waals surface area (Å²) in [7, 11) is 0. The lowest BCUT2D eigenvalue weighted by Crippen LogP contribution is -2.23. The van der Waals surface area contributed by atoms with Gasteiger partial charge in [-0.15, -0.1) is 0 Å². The van der Waals surface area contributed by atoms with Crippen molar-refractivity contribution in [3.05, 3.63) is 129 Å². The van der Waals surface area contributed by atoms with Gasteiger partial charge in [-0.25, -0.2) is 0 Å². The van der Waals surface area contributed by atoms with Crippen molar-refractivity contribution in [2.45, 2.75) is 11.8 Å². The second-order valence-corrected chi connectivity index (χ2v) is 8.58. The minimum absolute atomic E-state index is 0.0317. The molecule has 2 atom stereocenters. The maximum absolute atomic E-state index is 14.3. The van der Waals surface area contributed by atoms with Crippen LogP contribution in [0.2, 0.25) is 10.0 Å². The molecule has 4 N–H and O–H groups in total. The zero-order valence-corrected chi connectivity index (χ0v) is 18.7. The highest BCUT2D eigenvalue weighted by molar-refractivity contribution is 6.30. The lowest BCUT2D eigenvalue weighted by atomic mass is 9.77. The van der Waals surface area contributed by atoms with E-state index in [-0.39, 0.29) is 5.78 Å². The van der Waals surface area contributed by atoms with Crippen molar-refractivity contribution in [2.75, 3.05) is 11.5 Å². The van der Waals surface area contributed by atoms with Crippen molar-refractivity contribution in [1.29, 1.82) is 0 Å². The average Bonchev–Trinajstić information content (AvgIpc) is 2.79. The van der Waals surface area contributed by atoms with Crippen LogP contribution in [0, 0.1) is 0 Å². The predicted octanol–water partition coefficient (Wildman–Crippen LogP) is 6.69. The third-order valence-electron chi connectivity index (χ3n) is 5.52. The van der Waals surface area contributed by atoms with Gasteiger partial charge in [0.25, 0.3) is 0 Å². The van der Waals surface area contributed by atoms with E-state index in [0.29, 0.717) is 21.4 Å². The van der Waals surface area contributed by atoms with Gasteiger partial charge < -0.3 is 11.5 Å². The molecule has 0 spiro atoms. The van der Waals surface area contributed by atoms with Crippen molar-refractivity contribution in [2.24, 2.45) is 0 Å². The first-order valence-electron chi connectivity index (χ1n) is 10.2. The molecule has 0 amide bonds. The molecule has 4 aromatic rings. The fraction of sp³-hybridized carbons (Fsp3) is 0.0741. The SMILES string of the molecule is Nc1ccc(C(C(=O)C(c2ccc(N)cc2)c2ccc(Cl)cc2)c2ccc(Cl)cc2)cc1. The largest absolute Gasteiger partial charge is 0.399 e. The zero-order valence-electron chi connectivity index (χ0n) is 17.2. The summed E-state index contributed by atoms with van der Waals surface area (Å²) >= 11 is 12.2. The predicted molar refractivity (Wildman–Crippen MR) is 133 cm³/mol. The van der Waals surface area contributed by atoms with E-state index < -0.39 is 11.8 Å². The van der Waals surface area contributed by atoms with Crippen LogP contribution in [0.4, 0.5) is 11.4 Å². The first-order chi connectivity index (χ1) is 15.4. The maximum Gasteiger partial charge on any atom is 0.156 e. The number of carbonyl (C=O) groups is 1. The van der Waals surface area contributed by atoms with Gasteiger partial charge in [-0.2, -0.15) is 0 Å². The van der Waals surface area contributed by atoms with Crippen LogP contribution in [0.5, 0.6) is 0 Å². The number of hydrogen-bond donors (Lipinski definition) is 2. The molecular formula is C27H22Cl2N2O. The molecule has 0 aliphatic carbocycles. The molecule has 160 valence electrons. The molecule has 32 heavy (non-hydrogen) atoms. The van der Waals surface area contributed by atoms with Crippen molar-refractivity contribution < 1.29 is 4.79 Å². The summed E-state index contributed by atoms with van der Waals surface area (Å²) in [5, 5.41) is 1.23. The molecule has 2 unspecified atom stereocenters. The van der Waals surface area contributed by atoms with Crippen LogP contribution in [0.3, 0.4) is 0 Å². The third kappa shape index (κ3) is 4.80. The number of nitrogens with two attached hydrogens (primary N) is 2. The number of hydrogen-bond acceptors (Lipinski definition) is 3. The number of halogens is 2. The van der Waals surface area contributed by atoms with E-state index in [9.17, 15) is 4.79 Å². The number of ketones is 1. The molecule has 5 heteroatoms. The standard InChI is InChI=1S/C27H22Cl2N2O/c28-21-9-1-17(2-10-21)25(19-5-13-23(30)14-6-19)27(32)26(18-3-11-22(29)12-4-18)20-7-15-24(31)16-8-20/h1-16,25-26H,30-31H2. The van der Waals surface area contributed by atoms with Crippen LogP contribution in [0.1, 0.15) is 34.1 Å². The summed E-state index contributed by atoms with van der Waals surface area (Å²) in [6.45, 7) is 0. The molecule has 0 fully saturated rings. The monoisotopic (exact) mass is 460 g/mol. The molecule has 0 saturated carbocycles. The van der Waals surface area contributed by atoms with E-state index in [1.807, 2.05) is 72.8 Å². The molecule has 0 aliphatic rings. The molecule has 3 nitrogen and oxygen atoms in total. The Hall–Kier alpha value is -3.27. The highest BCUT2D eigenvalue weighted by Crippen LogP contribution is 2.37. The molecule has 0 saturated heterocycles. The van der Waals surface area contributed by atoms with Gasteiger partial charge in [0.05, 0.1) is 11.8 Å². The Morgan fingerprint density at radius 1 is 0.500 bits per heavy atom. The Balaban J connectivity index is 1.87. The molecule has 4 aromatic carbocycles. The number of anilines is 2. The van der Waals surface area contributed by atoms with Gasteiger partial charge in [-0.05, 0) is 70.8 Å². The van der Waals surface area contributed by atoms with Crippen LogP contribution in [-0.2, 0) is 4.79 Å². The Kier molecular flexibility index (Phi) is 6.50. The number of carbonyl (C=O) groups excluding carboxylic acids is 1. The normalized spacial score (nSPS) is 12.8. The average molecular weight is 461 g/mol. The van der Waals surface area contributed by atoms with E-state index in [1.165, 1.54) is 0 Å². The van der Waals surface area contributed by atoms with E-state index in [2.05, 4.69) is 0 Å². The van der Waals surface area contributed by atoms with E-state index >= 15 is 0 Å². The minimum Gasteiger partial charge on any atom is -0.399 e. The summed E-state index contributed by atoms with van der Waals surface area (Å²) in [5.41, 5.74) is 16.5. The molecule has 0 bridgehead atoms. The molecule has 0 aliphatic heterocycles. The van der Waals surface area contributed by atoms with Gasteiger partial charge in [0.2, 0.25) is 0 Å². The first-order valence-corrected chi connectivity index (χ1v) is 10.9. The minimum atomic E-state index is -0.508. The number of benzene rings is 4.